The Morgan fingerprint density at radius 3 is 1.69 bits per heavy atom. The summed E-state index contributed by atoms with van der Waals surface area (Å²) in [6.07, 6.45) is 0. The third-order valence-electron chi connectivity index (χ3n) is 5.15. The van der Waals surface area contributed by atoms with Crippen molar-refractivity contribution in [3.05, 3.63) is 72.8 Å². The molecule has 0 fully saturated rings. The molecule has 0 aliphatic heterocycles. The Hall–Kier alpha value is -4.13. The highest BCUT2D eigenvalue weighted by atomic mass is 32.2. The highest BCUT2D eigenvalue weighted by Crippen LogP contribution is 2.39. The van der Waals surface area contributed by atoms with Gasteiger partial charge in [-0.2, -0.15) is 35.5 Å². The molecule has 17 heteroatoms. The minimum atomic E-state index is -4.84. The average molecular weight is 593 g/mol. The van der Waals surface area contributed by atoms with Crippen LogP contribution < -0.4 is 0 Å². The van der Waals surface area contributed by atoms with Gasteiger partial charge in [-0.1, -0.05) is 18.2 Å². The second-order valence-corrected chi connectivity index (χ2v) is 12.0. The fourth-order valence-corrected chi connectivity index (χ4v) is 5.20. The lowest BCUT2D eigenvalue weighted by Gasteiger charge is -2.07. The monoisotopic (exact) mass is 592 g/mol. The summed E-state index contributed by atoms with van der Waals surface area (Å²) in [6, 6.07) is 14.3. The molecule has 0 spiro atoms. The molecular weight excluding hydrogens is 576 g/mol. The number of nitrogens with zero attached hydrogens (tertiary/aromatic N) is 4. The lowest BCUT2D eigenvalue weighted by atomic mass is 10.1. The molecule has 0 aliphatic carbocycles. The van der Waals surface area contributed by atoms with Crippen molar-refractivity contribution in [3.8, 4) is 5.75 Å². The molecule has 202 valence electrons. The minimum absolute atomic E-state index is 0.0115. The molecule has 0 saturated carbocycles. The molecule has 0 aromatic heterocycles. The first-order valence-electron chi connectivity index (χ1n) is 10.4. The Balaban J connectivity index is 1.68. The number of phenolic OH excluding ortho intramolecular Hbond substituents is 1. The van der Waals surface area contributed by atoms with Gasteiger partial charge < -0.3 is 5.11 Å². The smallest absolute Gasteiger partial charge is 0.296 e. The van der Waals surface area contributed by atoms with E-state index in [-0.39, 0.29) is 38.4 Å². The third-order valence-corrected chi connectivity index (χ3v) is 7.81. The molecule has 39 heavy (non-hydrogen) atoms. The van der Waals surface area contributed by atoms with Crippen LogP contribution in [-0.4, -0.2) is 44.0 Å². The van der Waals surface area contributed by atoms with Crippen LogP contribution in [0.4, 0.5) is 22.7 Å². The second kappa shape index (κ2) is 10.2. The van der Waals surface area contributed by atoms with Gasteiger partial charge >= 0.3 is 0 Å². The normalized spacial score (nSPS) is 13.0. The third kappa shape index (κ3) is 6.30. The zero-order valence-corrected chi connectivity index (χ0v) is 21.6. The molecule has 0 aliphatic rings. The molecule has 4 rings (SSSR count). The quantitative estimate of drug-likeness (QED) is 0.163. The molecule has 0 bridgehead atoms. The highest BCUT2D eigenvalue weighted by Gasteiger charge is 2.19. The fourth-order valence-electron chi connectivity index (χ4n) is 3.37. The zero-order valence-electron chi connectivity index (χ0n) is 19.2. The minimum Gasteiger partial charge on any atom is -0.505 e. The molecule has 0 radical (unpaired) electrons. The van der Waals surface area contributed by atoms with E-state index < -0.39 is 45.9 Å². The van der Waals surface area contributed by atoms with E-state index in [2.05, 4.69) is 20.5 Å². The summed E-state index contributed by atoms with van der Waals surface area (Å²) < 4.78 is 97.4. The van der Waals surface area contributed by atoms with Crippen LogP contribution in [0.2, 0.25) is 0 Å². The van der Waals surface area contributed by atoms with Gasteiger partial charge in [0.2, 0.25) is 0 Å². The van der Waals surface area contributed by atoms with Gasteiger partial charge in [-0.05, 0) is 54.6 Å². The Labute approximate surface area is 221 Å². The van der Waals surface area contributed by atoms with Crippen molar-refractivity contribution >= 4 is 63.9 Å². The van der Waals surface area contributed by atoms with Crippen LogP contribution in [0.25, 0.3) is 10.8 Å². The van der Waals surface area contributed by atoms with Gasteiger partial charge in [-0.25, -0.2) is 0 Å². The Bertz CT molecular complexity index is 1990. The molecule has 14 nitrogen and oxygen atoms in total. The van der Waals surface area contributed by atoms with Crippen molar-refractivity contribution < 1.29 is 44.0 Å². The lowest BCUT2D eigenvalue weighted by molar-refractivity contribution is 0.480. The van der Waals surface area contributed by atoms with Crippen LogP contribution in [0.5, 0.6) is 5.75 Å². The van der Waals surface area contributed by atoms with E-state index in [1.54, 1.807) is 0 Å². The lowest BCUT2D eigenvalue weighted by Crippen LogP contribution is -1.98. The molecule has 4 aromatic carbocycles. The van der Waals surface area contributed by atoms with Crippen LogP contribution in [-0.2, 0) is 30.4 Å². The largest absolute Gasteiger partial charge is 0.505 e. The number of aromatic hydroxyl groups is 1. The Morgan fingerprint density at radius 1 is 0.513 bits per heavy atom. The predicted molar refractivity (Wildman–Crippen MR) is 136 cm³/mol. The van der Waals surface area contributed by atoms with Gasteiger partial charge in [0.05, 0.1) is 16.3 Å². The maximum absolute atomic E-state index is 12.0. The van der Waals surface area contributed by atoms with Crippen molar-refractivity contribution in [2.45, 2.75) is 14.7 Å². The summed E-state index contributed by atoms with van der Waals surface area (Å²) in [4.78, 5) is -1.49. The van der Waals surface area contributed by atoms with Gasteiger partial charge in [0, 0.05) is 10.8 Å². The summed E-state index contributed by atoms with van der Waals surface area (Å²) in [5.74, 6) is -0.499. The number of azo groups is 2. The van der Waals surface area contributed by atoms with Crippen molar-refractivity contribution in [3.63, 3.8) is 0 Å². The predicted octanol–water partition coefficient (Wildman–Crippen LogP) is 5.12. The van der Waals surface area contributed by atoms with Gasteiger partial charge in [-0.15, -0.1) is 10.2 Å². The van der Waals surface area contributed by atoms with Crippen LogP contribution in [0.15, 0.2) is 108 Å². The van der Waals surface area contributed by atoms with Crippen LogP contribution in [0.1, 0.15) is 0 Å². The fraction of sp³-hybridized carbons (Fsp3) is 0. The number of rotatable bonds is 7. The first-order valence-corrected chi connectivity index (χ1v) is 14.7. The Morgan fingerprint density at radius 2 is 1.08 bits per heavy atom. The maximum atomic E-state index is 12.0. The molecule has 0 atom stereocenters. The van der Waals surface area contributed by atoms with Crippen molar-refractivity contribution in [1.29, 1.82) is 0 Å². The first-order chi connectivity index (χ1) is 18.1. The molecule has 0 amide bonds. The van der Waals surface area contributed by atoms with Crippen molar-refractivity contribution in [1.82, 2.24) is 0 Å². The SMILES string of the molecule is O=S(=O)(O)c1ccc(/N=N/c2ccc(/N=N/c3ccc4c(S(=O)(=O)O)cccc4c3O)c(S(=O)(=O)O)c2)cc1. The van der Waals surface area contributed by atoms with Crippen LogP contribution in [0.3, 0.4) is 0 Å². The molecule has 0 saturated heterocycles. The first kappa shape index (κ1) is 27.9. The molecule has 0 heterocycles. The van der Waals surface area contributed by atoms with E-state index in [1.807, 2.05) is 0 Å². The standard InChI is InChI=1S/C22H16N4O10S3/c27-22-17-2-1-3-20(38(31,32)33)16(17)9-11-19(22)26-25-18-10-6-14(12-21(18)39(34,35)36)24-23-13-4-7-15(8-5-13)37(28,29)30/h1-12,27H,(H,28,29,30)(H,31,32,33)(H,34,35,36)/b24-23+,26-25+. The van der Waals surface area contributed by atoms with Gasteiger partial charge in [0.1, 0.15) is 21.2 Å². The summed E-state index contributed by atoms with van der Waals surface area (Å²) in [5, 5.41) is 25.9. The van der Waals surface area contributed by atoms with E-state index in [0.29, 0.717) is 0 Å². The van der Waals surface area contributed by atoms with E-state index in [1.165, 1.54) is 42.5 Å². The summed E-state index contributed by atoms with van der Waals surface area (Å²) >= 11 is 0. The van der Waals surface area contributed by atoms with E-state index in [9.17, 15) is 39.5 Å². The van der Waals surface area contributed by atoms with Crippen LogP contribution >= 0.6 is 0 Å². The number of fused-ring (bicyclic) bond motifs is 1. The average Bonchev–Trinajstić information content (AvgIpc) is 2.85. The number of benzene rings is 4. The maximum Gasteiger partial charge on any atom is 0.296 e. The second-order valence-electron chi connectivity index (χ2n) is 7.76. The zero-order chi connectivity index (χ0) is 28.6. The number of phenols is 1. The van der Waals surface area contributed by atoms with Gasteiger partial charge in [0.25, 0.3) is 30.4 Å². The van der Waals surface area contributed by atoms with E-state index >= 15 is 0 Å². The summed E-state index contributed by atoms with van der Waals surface area (Å²) in [6.45, 7) is 0. The molecule has 0 unspecified atom stereocenters. The van der Waals surface area contributed by atoms with Crippen LogP contribution in [0, 0.1) is 0 Å². The summed E-state index contributed by atoms with van der Waals surface area (Å²) in [5.41, 5.74) is -0.372. The topological polar surface area (TPSA) is 233 Å². The Kier molecular flexibility index (Phi) is 7.30. The number of hydrogen-bond acceptors (Lipinski definition) is 11. The number of hydrogen-bond donors (Lipinski definition) is 4. The van der Waals surface area contributed by atoms with Crippen molar-refractivity contribution in [2.24, 2.45) is 20.5 Å². The van der Waals surface area contributed by atoms with Gasteiger partial charge in [0.15, 0.2) is 5.75 Å². The molecular formula is C22H16N4O10S3. The van der Waals surface area contributed by atoms with E-state index in [0.717, 1.165) is 30.3 Å². The highest BCUT2D eigenvalue weighted by molar-refractivity contribution is 7.86. The van der Waals surface area contributed by atoms with E-state index in [4.69, 9.17) is 4.55 Å². The summed E-state index contributed by atoms with van der Waals surface area (Å²) in [7, 11) is -13.8. The molecule has 4 N–H and O–H groups in total. The van der Waals surface area contributed by atoms with Crippen molar-refractivity contribution in [2.75, 3.05) is 0 Å². The molecule has 4 aromatic rings. The van der Waals surface area contributed by atoms with Gasteiger partial charge in [-0.3, -0.25) is 13.7 Å².